The van der Waals surface area contributed by atoms with E-state index in [9.17, 15) is 14.3 Å². The molecule has 69 heavy (non-hydrogen) atoms. The van der Waals surface area contributed by atoms with Crippen LogP contribution in [0.4, 0.5) is 0 Å². The Labute approximate surface area is 427 Å². The van der Waals surface area contributed by atoms with Gasteiger partial charge in [-0.1, -0.05) is 247 Å². The molecule has 0 aliphatic rings. The molecular weight excluding hydrogens is 878 g/mol. The van der Waals surface area contributed by atoms with Crippen LogP contribution in [-0.4, -0.2) is 75.6 Å². The van der Waals surface area contributed by atoms with Gasteiger partial charge in [-0.05, 0) is 64.2 Å². The highest BCUT2D eigenvalue weighted by Crippen LogP contribution is 2.43. The van der Waals surface area contributed by atoms with Crippen molar-refractivity contribution < 1.29 is 37.3 Å². The summed E-state index contributed by atoms with van der Waals surface area (Å²) in [5.74, 6) is -0.318. The Balaban J connectivity index is 4.13. The highest BCUT2D eigenvalue weighted by Gasteiger charge is 2.26. The van der Waals surface area contributed by atoms with Crippen molar-refractivity contribution in [3.8, 4) is 0 Å². The van der Waals surface area contributed by atoms with Crippen molar-refractivity contribution in [2.75, 3.05) is 54.1 Å². The summed E-state index contributed by atoms with van der Waals surface area (Å²) in [5.41, 5.74) is 0. The Bertz CT molecular complexity index is 1330. The van der Waals surface area contributed by atoms with Crippen LogP contribution in [0.2, 0.25) is 0 Å². The first-order chi connectivity index (χ1) is 33.6. The number of nitrogens with zero attached hydrogens (tertiary/aromatic N) is 1. The highest BCUT2D eigenvalue weighted by molar-refractivity contribution is 7.47. The van der Waals surface area contributed by atoms with Crippen molar-refractivity contribution >= 4 is 13.8 Å². The molecule has 0 aromatic heterocycles. The minimum absolute atomic E-state index is 0.0825. The Morgan fingerprint density at radius 1 is 0.464 bits per heavy atom. The Morgan fingerprint density at radius 2 is 0.841 bits per heavy atom. The molecule has 0 heterocycles. The zero-order valence-corrected chi connectivity index (χ0v) is 46.7. The first-order valence-electron chi connectivity index (χ1n) is 28.7. The minimum atomic E-state index is -4.29. The molecule has 0 rings (SSSR count). The van der Waals surface area contributed by atoms with Gasteiger partial charge in [-0.25, -0.2) is 4.57 Å². The summed E-state index contributed by atoms with van der Waals surface area (Å²) in [6, 6.07) is 0. The van der Waals surface area contributed by atoms with Gasteiger partial charge in [0.05, 0.1) is 34.4 Å². The number of phosphoric acid groups is 1. The molecular formula is C60H111NO7P+. The second kappa shape index (κ2) is 52.3. The number of carbonyl (C=O) groups is 1. The standard InChI is InChI=1S/C60H110NO7P/c1-6-8-10-12-14-16-18-20-22-24-26-28-30-32-34-36-38-40-42-44-46-48-50-52-55-65-57-59(58-67-69(63,64)66-56-54-61(3,4)5)68-60(62)53-51-49-47-45-43-41-39-37-35-33-31-29-27-25-23-21-19-17-15-13-11-9-7-2/h8,10,14,16,20,22,26,28,32,34,38,40,59H,6-7,9,11-13,15,17-19,21,23-25,27,29-31,33,35-37,39,41-58H2,1-5H3/p+1/b10-8-,16-14-,22-20-,28-26-,34-32-,40-38-. The van der Waals surface area contributed by atoms with Gasteiger partial charge in [-0.2, -0.15) is 0 Å². The van der Waals surface area contributed by atoms with E-state index in [0.717, 1.165) is 83.5 Å². The average molecular weight is 990 g/mol. The lowest BCUT2D eigenvalue weighted by Gasteiger charge is -2.24. The number of hydrogen-bond donors (Lipinski definition) is 1. The van der Waals surface area contributed by atoms with Crippen molar-refractivity contribution in [1.82, 2.24) is 0 Å². The van der Waals surface area contributed by atoms with Gasteiger partial charge < -0.3 is 18.9 Å². The molecule has 0 aliphatic carbocycles. The van der Waals surface area contributed by atoms with E-state index in [1.807, 2.05) is 21.1 Å². The van der Waals surface area contributed by atoms with Crippen molar-refractivity contribution in [1.29, 1.82) is 0 Å². The molecule has 8 nitrogen and oxygen atoms in total. The molecule has 0 radical (unpaired) electrons. The van der Waals surface area contributed by atoms with Crippen LogP contribution in [-0.2, 0) is 27.9 Å². The molecule has 0 aromatic carbocycles. The van der Waals surface area contributed by atoms with E-state index in [1.165, 1.54) is 141 Å². The SMILES string of the molecule is CC/C=C\C/C=C\C/C=C\C/C=C\C/C=C\C/C=C\CCCCCCCOCC(COP(=O)(O)OCC[N+](C)(C)C)OC(=O)CCCCCCCCCCCCCCCCCCCCCCCCC. The summed E-state index contributed by atoms with van der Waals surface area (Å²) in [5, 5.41) is 0. The minimum Gasteiger partial charge on any atom is -0.457 e. The van der Waals surface area contributed by atoms with Gasteiger partial charge >= 0.3 is 13.8 Å². The van der Waals surface area contributed by atoms with E-state index in [0.29, 0.717) is 24.1 Å². The zero-order valence-electron chi connectivity index (χ0n) is 45.8. The number of hydrogen-bond acceptors (Lipinski definition) is 6. The summed E-state index contributed by atoms with van der Waals surface area (Å²) in [6.07, 6.45) is 69.7. The fraction of sp³-hybridized carbons (Fsp3) is 0.783. The third-order valence-electron chi connectivity index (χ3n) is 12.3. The van der Waals surface area contributed by atoms with Crippen LogP contribution in [0.25, 0.3) is 0 Å². The molecule has 9 heteroatoms. The van der Waals surface area contributed by atoms with E-state index in [4.69, 9.17) is 18.5 Å². The summed E-state index contributed by atoms with van der Waals surface area (Å²) in [4.78, 5) is 23.1. The molecule has 0 fully saturated rings. The maximum atomic E-state index is 12.8. The number of ether oxygens (including phenoxy) is 2. The first kappa shape index (κ1) is 66.9. The van der Waals surface area contributed by atoms with E-state index < -0.39 is 13.9 Å². The maximum Gasteiger partial charge on any atom is 0.472 e. The Hall–Kier alpha value is -2.06. The quantitative estimate of drug-likeness (QED) is 0.0213. The maximum absolute atomic E-state index is 12.8. The lowest BCUT2D eigenvalue weighted by Crippen LogP contribution is -2.37. The number of esters is 1. The van der Waals surface area contributed by atoms with Crippen LogP contribution >= 0.6 is 7.82 Å². The van der Waals surface area contributed by atoms with E-state index in [-0.39, 0.29) is 25.8 Å². The fourth-order valence-corrected chi connectivity index (χ4v) is 8.65. The normalized spacial score (nSPS) is 14.0. The van der Waals surface area contributed by atoms with Crippen LogP contribution < -0.4 is 0 Å². The van der Waals surface area contributed by atoms with Crippen molar-refractivity contribution in [3.63, 3.8) is 0 Å². The van der Waals surface area contributed by atoms with Crippen LogP contribution in [0.1, 0.15) is 245 Å². The van der Waals surface area contributed by atoms with Gasteiger partial charge in [-0.3, -0.25) is 13.8 Å². The molecule has 0 saturated heterocycles. The highest BCUT2D eigenvalue weighted by atomic mass is 31.2. The molecule has 0 aliphatic heterocycles. The number of unbranched alkanes of at least 4 members (excludes halogenated alkanes) is 27. The number of rotatable bonds is 53. The second-order valence-corrected chi connectivity index (χ2v) is 21.8. The predicted molar refractivity (Wildman–Crippen MR) is 298 cm³/mol. The Morgan fingerprint density at radius 3 is 1.26 bits per heavy atom. The van der Waals surface area contributed by atoms with Gasteiger partial charge in [0, 0.05) is 13.0 Å². The topological polar surface area (TPSA) is 91.3 Å². The monoisotopic (exact) mass is 989 g/mol. The number of carbonyl (C=O) groups excluding carboxylic acids is 1. The van der Waals surface area contributed by atoms with Crippen molar-refractivity contribution in [2.45, 2.75) is 251 Å². The number of allylic oxidation sites excluding steroid dienone is 12. The molecule has 0 saturated carbocycles. The summed E-state index contributed by atoms with van der Waals surface area (Å²) < 4.78 is 35.2. The fourth-order valence-electron chi connectivity index (χ4n) is 7.91. The van der Waals surface area contributed by atoms with E-state index in [2.05, 4.69) is 86.8 Å². The largest absolute Gasteiger partial charge is 0.472 e. The summed E-state index contributed by atoms with van der Waals surface area (Å²) in [7, 11) is 1.65. The lowest BCUT2D eigenvalue weighted by molar-refractivity contribution is -0.870. The lowest BCUT2D eigenvalue weighted by atomic mass is 10.0. The number of likely N-dealkylation sites (N-methyl/N-ethyl adjacent to an activating group) is 1. The van der Waals surface area contributed by atoms with Crippen LogP contribution in [0.5, 0.6) is 0 Å². The summed E-state index contributed by atoms with van der Waals surface area (Å²) >= 11 is 0. The molecule has 2 unspecified atom stereocenters. The summed E-state index contributed by atoms with van der Waals surface area (Å²) in [6.45, 7) is 5.49. The molecule has 0 bridgehead atoms. The molecule has 0 spiro atoms. The molecule has 0 aromatic rings. The van der Waals surface area contributed by atoms with Gasteiger partial charge in [0.1, 0.15) is 19.3 Å². The van der Waals surface area contributed by atoms with Gasteiger partial charge in [0.2, 0.25) is 0 Å². The smallest absolute Gasteiger partial charge is 0.457 e. The van der Waals surface area contributed by atoms with Crippen molar-refractivity contribution in [3.05, 3.63) is 72.9 Å². The molecule has 0 amide bonds. The average Bonchev–Trinajstić information content (AvgIpc) is 3.31. The first-order valence-corrected chi connectivity index (χ1v) is 30.2. The third kappa shape index (κ3) is 56.7. The van der Waals surface area contributed by atoms with Crippen LogP contribution in [0, 0.1) is 0 Å². The molecule has 402 valence electrons. The van der Waals surface area contributed by atoms with Crippen LogP contribution in [0.3, 0.4) is 0 Å². The second-order valence-electron chi connectivity index (χ2n) is 20.3. The van der Waals surface area contributed by atoms with Crippen molar-refractivity contribution in [2.24, 2.45) is 0 Å². The van der Waals surface area contributed by atoms with Crippen LogP contribution in [0.15, 0.2) is 72.9 Å². The van der Waals surface area contributed by atoms with Gasteiger partial charge in [0.15, 0.2) is 0 Å². The zero-order chi connectivity index (χ0) is 50.5. The predicted octanol–water partition coefficient (Wildman–Crippen LogP) is 18.2. The molecule has 2 atom stereocenters. The third-order valence-corrected chi connectivity index (χ3v) is 13.3. The van der Waals surface area contributed by atoms with Gasteiger partial charge in [0.25, 0.3) is 0 Å². The van der Waals surface area contributed by atoms with Gasteiger partial charge in [-0.15, -0.1) is 0 Å². The molecule has 1 N–H and O–H groups in total. The van der Waals surface area contributed by atoms with E-state index >= 15 is 0 Å². The number of quaternary nitrogens is 1. The Kier molecular flexibility index (Phi) is 50.7. The van der Waals surface area contributed by atoms with E-state index in [1.54, 1.807) is 0 Å². The number of phosphoric ester groups is 1.